The molecule has 1 aromatic carbocycles. The lowest BCUT2D eigenvalue weighted by Gasteiger charge is -2.30. The fourth-order valence-electron chi connectivity index (χ4n) is 3.52. The predicted octanol–water partition coefficient (Wildman–Crippen LogP) is 2.76. The van der Waals surface area contributed by atoms with Crippen molar-refractivity contribution in [2.75, 3.05) is 5.32 Å². The Morgan fingerprint density at radius 2 is 1.75 bits per heavy atom. The first-order valence-corrected chi connectivity index (χ1v) is 8.63. The molecule has 3 amide bonds. The largest absolute Gasteiger partial charge is 0.344 e. The van der Waals surface area contributed by atoms with E-state index in [4.69, 9.17) is 12.2 Å². The average molecular weight is 346 g/mol. The summed E-state index contributed by atoms with van der Waals surface area (Å²) in [5.74, 6) is -0.239. The van der Waals surface area contributed by atoms with Crippen molar-refractivity contribution < 1.29 is 9.59 Å². The zero-order valence-corrected chi connectivity index (χ0v) is 14.8. The van der Waals surface area contributed by atoms with Gasteiger partial charge < -0.3 is 10.6 Å². The molecule has 1 saturated carbocycles. The zero-order chi connectivity index (χ0) is 17.3. The molecule has 0 radical (unpaired) electrons. The molecule has 0 atom stereocenters. The molecule has 1 heterocycles. The van der Waals surface area contributed by atoms with Crippen LogP contribution in [-0.2, 0) is 4.79 Å². The van der Waals surface area contributed by atoms with Crippen molar-refractivity contribution in [1.82, 2.24) is 15.8 Å². The summed E-state index contributed by atoms with van der Waals surface area (Å²) in [5.41, 5.74) is 5.02. The Labute approximate surface area is 146 Å². The number of carbonyl (C=O) groups is 2. The van der Waals surface area contributed by atoms with E-state index in [2.05, 4.69) is 22.1 Å². The van der Waals surface area contributed by atoms with E-state index in [1.807, 2.05) is 26.0 Å². The van der Waals surface area contributed by atoms with Gasteiger partial charge in [0.05, 0.1) is 0 Å². The normalized spacial score (nSPS) is 19.3. The van der Waals surface area contributed by atoms with Gasteiger partial charge in [0.15, 0.2) is 5.11 Å². The van der Waals surface area contributed by atoms with Gasteiger partial charge in [-0.1, -0.05) is 25.3 Å². The maximum atomic E-state index is 12.7. The van der Waals surface area contributed by atoms with Crippen LogP contribution in [-0.4, -0.2) is 27.6 Å². The number of urea groups is 1. The number of nitrogens with one attached hydrogen (secondary N) is 3. The molecule has 6 nitrogen and oxygen atoms in total. The first kappa shape index (κ1) is 16.7. The van der Waals surface area contributed by atoms with E-state index in [-0.39, 0.29) is 11.0 Å². The van der Waals surface area contributed by atoms with Crippen molar-refractivity contribution in [3.05, 3.63) is 29.3 Å². The highest BCUT2D eigenvalue weighted by atomic mass is 32.1. The van der Waals surface area contributed by atoms with Gasteiger partial charge in [-0.3, -0.25) is 10.2 Å². The quantitative estimate of drug-likeness (QED) is 0.567. The molecule has 0 bridgehead atoms. The van der Waals surface area contributed by atoms with E-state index in [0.717, 1.165) is 41.1 Å². The van der Waals surface area contributed by atoms with Crippen LogP contribution < -0.4 is 16.1 Å². The first-order chi connectivity index (χ1) is 11.4. The van der Waals surface area contributed by atoms with Gasteiger partial charge in [-0.15, -0.1) is 0 Å². The SMILES string of the molecule is Cc1cc(C)cc(NC(=S)NN2C(=O)NC3(CCCCC3)C2=O)c1. The van der Waals surface area contributed by atoms with Crippen LogP contribution in [0.5, 0.6) is 0 Å². The van der Waals surface area contributed by atoms with Crippen LogP contribution in [0.4, 0.5) is 10.5 Å². The zero-order valence-electron chi connectivity index (χ0n) is 13.9. The van der Waals surface area contributed by atoms with Crippen molar-refractivity contribution in [1.29, 1.82) is 0 Å². The Morgan fingerprint density at radius 1 is 1.12 bits per heavy atom. The Balaban J connectivity index is 1.67. The first-order valence-electron chi connectivity index (χ1n) is 8.22. The van der Waals surface area contributed by atoms with Crippen LogP contribution >= 0.6 is 12.2 Å². The summed E-state index contributed by atoms with van der Waals surface area (Å²) in [6, 6.07) is 5.53. The van der Waals surface area contributed by atoms with Crippen LogP contribution in [0.3, 0.4) is 0 Å². The molecule has 1 spiro atoms. The summed E-state index contributed by atoms with van der Waals surface area (Å²) in [4.78, 5) is 24.9. The molecule has 1 aliphatic heterocycles. The highest BCUT2D eigenvalue weighted by Gasteiger charge is 2.51. The Bertz CT molecular complexity index is 678. The van der Waals surface area contributed by atoms with Gasteiger partial charge >= 0.3 is 6.03 Å². The summed E-state index contributed by atoms with van der Waals surface area (Å²) in [6.07, 6.45) is 4.38. The number of rotatable bonds is 2. The van der Waals surface area contributed by atoms with Gasteiger partial charge in [0.25, 0.3) is 5.91 Å². The molecular weight excluding hydrogens is 324 g/mol. The van der Waals surface area contributed by atoms with Crippen LogP contribution in [0.2, 0.25) is 0 Å². The molecule has 3 N–H and O–H groups in total. The Kier molecular flexibility index (Phi) is 4.45. The molecule has 1 aliphatic carbocycles. The molecule has 3 rings (SSSR count). The molecule has 1 aromatic rings. The maximum Gasteiger partial charge on any atom is 0.344 e. The summed E-state index contributed by atoms with van der Waals surface area (Å²) in [7, 11) is 0. The topological polar surface area (TPSA) is 73.5 Å². The highest BCUT2D eigenvalue weighted by molar-refractivity contribution is 7.80. The third kappa shape index (κ3) is 3.21. The van der Waals surface area contributed by atoms with E-state index in [9.17, 15) is 9.59 Å². The van der Waals surface area contributed by atoms with Crippen molar-refractivity contribution in [3.8, 4) is 0 Å². The van der Waals surface area contributed by atoms with Gasteiger partial charge in [0.2, 0.25) is 0 Å². The number of imide groups is 1. The summed E-state index contributed by atoms with van der Waals surface area (Å²) in [5, 5.41) is 7.10. The number of thiocarbonyl (C=S) groups is 1. The van der Waals surface area contributed by atoms with Crippen molar-refractivity contribution in [3.63, 3.8) is 0 Å². The third-order valence-corrected chi connectivity index (χ3v) is 4.76. The molecule has 2 aliphatic rings. The monoisotopic (exact) mass is 346 g/mol. The standard InChI is InChI=1S/C17H22N4O2S/c1-11-8-12(2)10-13(9-11)18-15(24)20-21-14(22)17(19-16(21)23)6-4-3-5-7-17/h8-10H,3-7H2,1-2H3,(H,19,23)(H2,18,20,24). The smallest absolute Gasteiger partial charge is 0.331 e. The fraction of sp³-hybridized carbons (Fsp3) is 0.471. The number of anilines is 1. The summed E-state index contributed by atoms with van der Waals surface area (Å²) in [6.45, 7) is 4.00. The molecule has 128 valence electrons. The minimum absolute atomic E-state index is 0.219. The minimum atomic E-state index is -0.752. The molecule has 2 fully saturated rings. The highest BCUT2D eigenvalue weighted by Crippen LogP contribution is 2.33. The number of benzene rings is 1. The van der Waals surface area contributed by atoms with Gasteiger partial charge in [0.1, 0.15) is 5.54 Å². The van der Waals surface area contributed by atoms with E-state index in [0.29, 0.717) is 12.8 Å². The van der Waals surface area contributed by atoms with E-state index in [1.54, 1.807) is 0 Å². The van der Waals surface area contributed by atoms with Crippen molar-refractivity contribution in [2.45, 2.75) is 51.5 Å². The fourth-order valence-corrected chi connectivity index (χ4v) is 3.73. The minimum Gasteiger partial charge on any atom is -0.331 e. The lowest BCUT2D eigenvalue weighted by atomic mass is 9.82. The van der Waals surface area contributed by atoms with Gasteiger partial charge in [-0.25, -0.2) is 4.79 Å². The third-order valence-electron chi connectivity index (χ3n) is 4.56. The Morgan fingerprint density at radius 3 is 2.38 bits per heavy atom. The number of carbonyl (C=O) groups excluding carboxylic acids is 2. The van der Waals surface area contributed by atoms with E-state index < -0.39 is 11.6 Å². The number of amides is 3. The second-order valence-electron chi connectivity index (χ2n) is 6.66. The molecule has 0 aromatic heterocycles. The van der Waals surface area contributed by atoms with E-state index >= 15 is 0 Å². The molecule has 1 saturated heterocycles. The number of hydrogen-bond donors (Lipinski definition) is 3. The number of nitrogens with zero attached hydrogens (tertiary/aromatic N) is 1. The molecule has 24 heavy (non-hydrogen) atoms. The summed E-state index contributed by atoms with van der Waals surface area (Å²) >= 11 is 5.26. The second kappa shape index (κ2) is 6.39. The summed E-state index contributed by atoms with van der Waals surface area (Å²) < 4.78 is 0. The Hall–Kier alpha value is -2.15. The molecule has 0 unspecified atom stereocenters. The van der Waals surface area contributed by atoms with Crippen LogP contribution in [0.15, 0.2) is 18.2 Å². The van der Waals surface area contributed by atoms with Crippen LogP contribution in [0, 0.1) is 13.8 Å². The number of aryl methyl sites for hydroxylation is 2. The van der Waals surface area contributed by atoms with Crippen molar-refractivity contribution >= 4 is 35.0 Å². The van der Waals surface area contributed by atoms with E-state index in [1.165, 1.54) is 0 Å². The lowest BCUT2D eigenvalue weighted by molar-refractivity contribution is -0.133. The maximum absolute atomic E-state index is 12.7. The van der Waals surface area contributed by atoms with Crippen LogP contribution in [0.25, 0.3) is 0 Å². The van der Waals surface area contributed by atoms with Gasteiger partial charge in [-0.2, -0.15) is 5.01 Å². The average Bonchev–Trinajstić information content (AvgIpc) is 2.71. The molecule has 7 heteroatoms. The second-order valence-corrected chi connectivity index (χ2v) is 7.06. The lowest BCUT2D eigenvalue weighted by Crippen LogP contribution is -2.51. The van der Waals surface area contributed by atoms with Gasteiger partial charge in [-0.05, 0) is 62.2 Å². The van der Waals surface area contributed by atoms with Crippen molar-refractivity contribution in [2.24, 2.45) is 0 Å². The predicted molar refractivity (Wildman–Crippen MR) is 96.5 cm³/mol. The molecular formula is C17H22N4O2S. The van der Waals surface area contributed by atoms with Crippen LogP contribution in [0.1, 0.15) is 43.2 Å². The number of hydrogen-bond acceptors (Lipinski definition) is 3. The van der Waals surface area contributed by atoms with Gasteiger partial charge in [0, 0.05) is 5.69 Å². The number of hydrazine groups is 1.